The van der Waals surface area contributed by atoms with Crippen molar-refractivity contribution in [2.75, 3.05) is 18.4 Å². The second-order valence-corrected chi connectivity index (χ2v) is 8.05. The van der Waals surface area contributed by atoms with Crippen LogP contribution in [0.25, 0.3) is 0 Å². The molecular formula is C19H19Br2ClN2O4. The van der Waals surface area contributed by atoms with Crippen LogP contribution in [0.2, 0.25) is 5.02 Å². The van der Waals surface area contributed by atoms with Crippen LogP contribution in [-0.4, -0.2) is 30.1 Å². The fourth-order valence-electron chi connectivity index (χ4n) is 2.35. The van der Waals surface area contributed by atoms with Gasteiger partial charge in [0.2, 0.25) is 0 Å². The monoisotopic (exact) mass is 532 g/mol. The van der Waals surface area contributed by atoms with E-state index in [1.165, 1.54) is 0 Å². The zero-order valence-corrected chi connectivity index (χ0v) is 18.9. The number of halogens is 3. The number of anilines is 1. The fraction of sp³-hybridized carbons (Fsp3) is 0.263. The minimum absolute atomic E-state index is 0.281. The highest BCUT2D eigenvalue weighted by Crippen LogP contribution is 2.35. The topological polar surface area (TPSA) is 87.7 Å². The normalized spacial score (nSPS) is 10.4. The summed E-state index contributed by atoms with van der Waals surface area (Å²) in [5, 5.41) is 14.9. The average molecular weight is 535 g/mol. The number of aliphatic carboxylic acids is 1. The molecule has 2 rings (SSSR count). The molecule has 3 N–H and O–H groups in total. The maximum absolute atomic E-state index is 12.0. The highest BCUT2D eigenvalue weighted by molar-refractivity contribution is 9.11. The number of carboxylic acid groups (broad SMARTS) is 1. The highest BCUT2D eigenvalue weighted by Gasteiger charge is 2.14. The number of benzene rings is 2. The molecule has 0 saturated carbocycles. The number of nitrogens with one attached hydrogen (secondary N) is 2. The zero-order valence-electron chi connectivity index (χ0n) is 15.0. The average Bonchev–Trinajstić information content (AvgIpc) is 2.63. The van der Waals surface area contributed by atoms with Gasteiger partial charge in [0, 0.05) is 22.8 Å². The molecule has 0 radical (unpaired) electrons. The molecule has 28 heavy (non-hydrogen) atoms. The van der Waals surface area contributed by atoms with Gasteiger partial charge in [0.25, 0.3) is 5.91 Å². The quantitative estimate of drug-likeness (QED) is 0.418. The van der Waals surface area contributed by atoms with Crippen molar-refractivity contribution in [1.29, 1.82) is 0 Å². The molecule has 1 amide bonds. The third-order valence-electron chi connectivity index (χ3n) is 3.58. The van der Waals surface area contributed by atoms with Crippen LogP contribution in [0.3, 0.4) is 0 Å². The van der Waals surface area contributed by atoms with Crippen molar-refractivity contribution < 1.29 is 19.4 Å². The van der Waals surface area contributed by atoms with Gasteiger partial charge in [0.15, 0.2) is 0 Å². The predicted octanol–water partition coefficient (Wildman–Crippen LogP) is 5.08. The van der Waals surface area contributed by atoms with Crippen molar-refractivity contribution in [1.82, 2.24) is 5.32 Å². The van der Waals surface area contributed by atoms with Crippen LogP contribution >= 0.6 is 43.5 Å². The fourth-order valence-corrected chi connectivity index (χ4v) is 4.02. The summed E-state index contributed by atoms with van der Waals surface area (Å²) in [5.41, 5.74) is 2.13. The molecule has 0 bridgehead atoms. The summed E-state index contributed by atoms with van der Waals surface area (Å²) in [4.78, 5) is 22.6. The van der Waals surface area contributed by atoms with Gasteiger partial charge in [-0.1, -0.05) is 18.5 Å². The van der Waals surface area contributed by atoms with E-state index in [0.717, 1.165) is 24.2 Å². The van der Waals surface area contributed by atoms with Crippen LogP contribution in [0, 0.1) is 0 Å². The molecule has 0 aliphatic heterocycles. The molecule has 9 heteroatoms. The van der Waals surface area contributed by atoms with Gasteiger partial charge in [0.05, 0.1) is 8.95 Å². The molecule has 150 valence electrons. The van der Waals surface area contributed by atoms with Gasteiger partial charge in [-0.2, -0.15) is 0 Å². The minimum atomic E-state index is -1.11. The van der Waals surface area contributed by atoms with Crippen molar-refractivity contribution in [2.45, 2.75) is 20.0 Å². The van der Waals surface area contributed by atoms with E-state index in [4.69, 9.17) is 21.4 Å². The molecule has 0 fully saturated rings. The number of hydrogen-bond donors (Lipinski definition) is 3. The maximum atomic E-state index is 12.0. The summed E-state index contributed by atoms with van der Waals surface area (Å²) < 4.78 is 7.02. The van der Waals surface area contributed by atoms with Crippen molar-refractivity contribution >= 4 is 61.0 Å². The lowest BCUT2D eigenvalue weighted by Crippen LogP contribution is -2.29. The number of carbonyl (C=O) groups is 2. The number of carbonyl (C=O) groups excluding carboxylic acids is 1. The molecule has 2 aromatic carbocycles. The van der Waals surface area contributed by atoms with Gasteiger partial charge in [-0.15, -0.1) is 0 Å². The Labute approximate surface area is 184 Å². The minimum Gasteiger partial charge on any atom is -0.487 e. The van der Waals surface area contributed by atoms with Gasteiger partial charge in [-0.05, 0) is 74.2 Å². The Morgan fingerprint density at radius 1 is 1.14 bits per heavy atom. The van der Waals surface area contributed by atoms with Crippen molar-refractivity contribution in [3.8, 4) is 5.75 Å². The molecule has 0 saturated heterocycles. The van der Waals surface area contributed by atoms with E-state index >= 15 is 0 Å². The third-order valence-corrected chi connectivity index (χ3v) is 4.98. The van der Waals surface area contributed by atoms with Crippen LogP contribution < -0.4 is 15.4 Å². The van der Waals surface area contributed by atoms with Gasteiger partial charge in [-0.3, -0.25) is 9.59 Å². The molecule has 0 aliphatic carbocycles. The Balaban J connectivity index is 2.11. The number of hydrogen-bond acceptors (Lipinski definition) is 4. The number of amides is 1. The SMILES string of the molecule is CCCNc1cc(Cl)cc(COc2c(Br)cc(C(=O)NCC(=O)O)cc2Br)c1. The maximum Gasteiger partial charge on any atom is 0.322 e. The highest BCUT2D eigenvalue weighted by atomic mass is 79.9. The van der Waals surface area contributed by atoms with Gasteiger partial charge in [-0.25, -0.2) is 0 Å². The van der Waals surface area contributed by atoms with Crippen LogP contribution in [0.15, 0.2) is 39.3 Å². The first kappa shape index (κ1) is 22.5. The van der Waals surface area contributed by atoms with E-state index in [9.17, 15) is 9.59 Å². The second-order valence-electron chi connectivity index (χ2n) is 5.91. The van der Waals surface area contributed by atoms with E-state index in [1.54, 1.807) is 12.1 Å². The summed E-state index contributed by atoms with van der Waals surface area (Å²) in [5.74, 6) is -1.07. The summed E-state index contributed by atoms with van der Waals surface area (Å²) in [7, 11) is 0. The molecule has 0 atom stereocenters. The molecule has 0 heterocycles. The van der Waals surface area contributed by atoms with E-state index in [1.807, 2.05) is 18.2 Å². The second kappa shape index (κ2) is 10.7. The summed E-state index contributed by atoms with van der Waals surface area (Å²) in [6.07, 6.45) is 1.00. The van der Waals surface area contributed by atoms with Gasteiger partial charge in [0.1, 0.15) is 18.9 Å². The van der Waals surface area contributed by atoms with Gasteiger partial charge < -0.3 is 20.5 Å². The first-order chi connectivity index (χ1) is 13.3. The lowest BCUT2D eigenvalue weighted by atomic mass is 10.2. The molecule has 2 aromatic rings. The van der Waals surface area contributed by atoms with E-state index in [-0.39, 0.29) is 6.61 Å². The lowest BCUT2D eigenvalue weighted by molar-refractivity contribution is -0.135. The number of rotatable bonds is 9. The molecule has 0 unspecified atom stereocenters. The zero-order chi connectivity index (χ0) is 20.7. The third kappa shape index (κ3) is 6.68. The van der Waals surface area contributed by atoms with Crippen LogP contribution in [0.5, 0.6) is 5.75 Å². The largest absolute Gasteiger partial charge is 0.487 e. The Morgan fingerprint density at radius 3 is 2.43 bits per heavy atom. The van der Waals surface area contributed by atoms with Gasteiger partial charge >= 0.3 is 5.97 Å². The molecule has 0 aliphatic rings. The smallest absolute Gasteiger partial charge is 0.322 e. The van der Waals surface area contributed by atoms with Crippen LogP contribution in [0.1, 0.15) is 29.3 Å². The predicted molar refractivity (Wildman–Crippen MR) is 116 cm³/mol. The van der Waals surface area contributed by atoms with Crippen LogP contribution in [-0.2, 0) is 11.4 Å². The molecule has 6 nitrogen and oxygen atoms in total. The Morgan fingerprint density at radius 2 is 1.82 bits per heavy atom. The summed E-state index contributed by atoms with van der Waals surface area (Å²) in [6, 6.07) is 8.80. The Hall–Kier alpha value is -1.77. The number of carboxylic acids is 1. The van der Waals surface area contributed by atoms with Crippen molar-refractivity contribution in [3.05, 3.63) is 55.4 Å². The standard InChI is InChI=1S/C19H19Br2ClN2O4/c1-2-3-23-14-5-11(4-13(22)8-14)10-28-18-15(20)6-12(7-16(18)21)19(27)24-9-17(25)26/h4-8,23H,2-3,9-10H2,1H3,(H,24,27)(H,25,26). The van der Waals surface area contributed by atoms with Crippen molar-refractivity contribution in [3.63, 3.8) is 0 Å². The first-order valence-corrected chi connectivity index (χ1v) is 10.4. The van der Waals surface area contributed by atoms with E-state index in [2.05, 4.69) is 49.4 Å². The summed E-state index contributed by atoms with van der Waals surface area (Å²) >= 11 is 13.0. The number of ether oxygens (including phenoxy) is 1. The van der Waals surface area contributed by atoms with Crippen molar-refractivity contribution in [2.24, 2.45) is 0 Å². The Bertz CT molecular complexity index is 854. The molecule has 0 spiro atoms. The van der Waals surface area contributed by atoms with Crippen LogP contribution in [0.4, 0.5) is 5.69 Å². The van der Waals surface area contributed by atoms with E-state index in [0.29, 0.717) is 25.3 Å². The Kier molecular flexibility index (Phi) is 8.59. The van der Waals surface area contributed by atoms with E-state index < -0.39 is 18.4 Å². The first-order valence-electron chi connectivity index (χ1n) is 8.45. The summed E-state index contributed by atoms with van der Waals surface area (Å²) in [6.45, 7) is 2.77. The molecular weight excluding hydrogens is 515 g/mol. The molecule has 0 aromatic heterocycles. The lowest BCUT2D eigenvalue weighted by Gasteiger charge is -2.14.